The van der Waals surface area contributed by atoms with Crippen molar-refractivity contribution in [3.8, 4) is 22.8 Å². The maximum absolute atomic E-state index is 12.2. The summed E-state index contributed by atoms with van der Waals surface area (Å²) in [6.07, 6.45) is 1.49. The molecule has 0 spiro atoms. The zero-order valence-corrected chi connectivity index (χ0v) is 16.6. The van der Waals surface area contributed by atoms with Crippen LogP contribution in [0.5, 0.6) is 11.5 Å². The minimum absolute atomic E-state index is 0.194. The minimum Gasteiger partial charge on any atom is -0.493 e. The molecule has 10 heteroatoms. The highest BCUT2D eigenvalue weighted by Crippen LogP contribution is 2.31. The predicted molar refractivity (Wildman–Crippen MR) is 109 cm³/mol. The lowest BCUT2D eigenvalue weighted by molar-refractivity contribution is -0.121. The Hall–Kier alpha value is -3.95. The van der Waals surface area contributed by atoms with E-state index in [1.807, 2.05) is 0 Å². The van der Waals surface area contributed by atoms with Crippen LogP contribution in [0.2, 0.25) is 0 Å². The van der Waals surface area contributed by atoms with Gasteiger partial charge in [0, 0.05) is 30.4 Å². The molecule has 1 N–H and O–H groups in total. The molecule has 0 aliphatic carbocycles. The molecule has 30 heavy (non-hydrogen) atoms. The number of benzene rings is 1. The molecule has 0 saturated carbocycles. The lowest BCUT2D eigenvalue weighted by atomic mass is 10.1. The molecule has 0 aliphatic rings. The van der Waals surface area contributed by atoms with Crippen molar-refractivity contribution in [1.82, 2.24) is 24.9 Å². The van der Waals surface area contributed by atoms with E-state index in [1.165, 1.54) is 30.1 Å². The van der Waals surface area contributed by atoms with Crippen molar-refractivity contribution in [2.75, 3.05) is 20.8 Å². The second-order valence-electron chi connectivity index (χ2n) is 6.22. The first-order valence-electron chi connectivity index (χ1n) is 9.11. The van der Waals surface area contributed by atoms with Crippen LogP contribution < -0.4 is 25.9 Å². The highest BCUT2D eigenvalue weighted by molar-refractivity contribution is 5.75. The van der Waals surface area contributed by atoms with Gasteiger partial charge in [0.15, 0.2) is 11.5 Å². The number of ether oxygens (including phenoxy) is 2. The third kappa shape index (κ3) is 4.90. The fourth-order valence-corrected chi connectivity index (χ4v) is 2.76. The number of hydrogen-bond acceptors (Lipinski definition) is 7. The minimum atomic E-state index is -0.407. The average molecular weight is 411 g/mol. The number of nitrogens with one attached hydrogen (secondary N) is 1. The van der Waals surface area contributed by atoms with Crippen LogP contribution in [0.15, 0.2) is 58.3 Å². The maximum Gasteiger partial charge on any atom is 0.267 e. The fourth-order valence-electron chi connectivity index (χ4n) is 2.76. The molecule has 3 rings (SSSR count). The van der Waals surface area contributed by atoms with Gasteiger partial charge in [0.2, 0.25) is 5.91 Å². The van der Waals surface area contributed by atoms with Crippen LogP contribution in [0.4, 0.5) is 0 Å². The van der Waals surface area contributed by atoms with Crippen molar-refractivity contribution in [1.29, 1.82) is 0 Å². The van der Waals surface area contributed by atoms with Gasteiger partial charge in [0.1, 0.15) is 6.54 Å². The lowest BCUT2D eigenvalue weighted by Gasteiger charge is -2.11. The molecule has 2 heterocycles. The molecule has 0 aliphatic heterocycles. The van der Waals surface area contributed by atoms with Gasteiger partial charge in [-0.05, 0) is 30.3 Å². The molecule has 1 aromatic carbocycles. The number of methoxy groups -OCH3 is 2. The van der Waals surface area contributed by atoms with E-state index in [1.54, 1.807) is 37.4 Å². The maximum atomic E-state index is 12.2. The Morgan fingerprint density at radius 1 is 1.00 bits per heavy atom. The second-order valence-corrected chi connectivity index (χ2v) is 6.22. The van der Waals surface area contributed by atoms with Gasteiger partial charge >= 0.3 is 0 Å². The Balaban J connectivity index is 1.69. The van der Waals surface area contributed by atoms with E-state index in [2.05, 4.69) is 15.5 Å². The van der Waals surface area contributed by atoms with Crippen molar-refractivity contribution in [2.24, 2.45) is 0 Å². The first kappa shape index (κ1) is 20.8. The van der Waals surface area contributed by atoms with Gasteiger partial charge in [-0.2, -0.15) is 10.2 Å². The van der Waals surface area contributed by atoms with E-state index in [4.69, 9.17) is 9.47 Å². The van der Waals surface area contributed by atoms with Gasteiger partial charge in [0.05, 0.1) is 26.5 Å². The zero-order valence-electron chi connectivity index (χ0n) is 16.6. The Bertz CT molecular complexity index is 1150. The third-order valence-corrected chi connectivity index (χ3v) is 4.27. The van der Waals surface area contributed by atoms with Gasteiger partial charge < -0.3 is 14.8 Å². The SMILES string of the molecule is COc1ccc(-c2ccc(=O)n(CC(=O)NCCn3ncccc3=O)n2)cc1OC. The molecule has 0 radical (unpaired) electrons. The van der Waals surface area contributed by atoms with Gasteiger partial charge in [0.25, 0.3) is 11.1 Å². The molecule has 156 valence electrons. The molecular formula is C20H21N5O5. The smallest absolute Gasteiger partial charge is 0.267 e. The molecule has 0 fully saturated rings. The topological polar surface area (TPSA) is 117 Å². The molecule has 1 amide bonds. The number of hydrogen-bond donors (Lipinski definition) is 1. The highest BCUT2D eigenvalue weighted by atomic mass is 16.5. The Morgan fingerprint density at radius 2 is 1.77 bits per heavy atom. The van der Waals surface area contributed by atoms with Crippen LogP contribution in [0.1, 0.15) is 0 Å². The van der Waals surface area contributed by atoms with Crippen molar-refractivity contribution in [3.05, 3.63) is 69.4 Å². The van der Waals surface area contributed by atoms with Crippen molar-refractivity contribution in [2.45, 2.75) is 13.1 Å². The van der Waals surface area contributed by atoms with E-state index in [9.17, 15) is 14.4 Å². The predicted octanol–water partition coefficient (Wildman–Crippen LogP) is 0.301. The molecular weight excluding hydrogens is 390 g/mol. The molecule has 0 unspecified atom stereocenters. The lowest BCUT2D eigenvalue weighted by Crippen LogP contribution is -2.36. The van der Waals surface area contributed by atoms with Crippen molar-refractivity contribution in [3.63, 3.8) is 0 Å². The van der Waals surface area contributed by atoms with Crippen molar-refractivity contribution >= 4 is 5.91 Å². The second kappa shape index (κ2) is 9.50. The Labute approximate surface area is 171 Å². The van der Waals surface area contributed by atoms with Gasteiger partial charge in [-0.3, -0.25) is 14.4 Å². The fraction of sp³-hybridized carbons (Fsp3) is 0.250. The number of aromatic nitrogens is 4. The molecule has 3 aromatic rings. The van der Waals surface area contributed by atoms with E-state index in [0.29, 0.717) is 22.8 Å². The first-order chi connectivity index (χ1) is 14.5. The van der Waals surface area contributed by atoms with E-state index >= 15 is 0 Å². The number of rotatable bonds is 8. The van der Waals surface area contributed by atoms with Gasteiger partial charge in [-0.15, -0.1) is 0 Å². The summed E-state index contributed by atoms with van der Waals surface area (Å²) in [5.74, 6) is 0.691. The summed E-state index contributed by atoms with van der Waals surface area (Å²) in [6.45, 7) is 0.163. The van der Waals surface area contributed by atoms with E-state index < -0.39 is 11.5 Å². The normalized spacial score (nSPS) is 10.5. The summed E-state index contributed by atoms with van der Waals surface area (Å²) >= 11 is 0. The summed E-state index contributed by atoms with van der Waals surface area (Å²) < 4.78 is 12.8. The number of carbonyl (C=O) groups excluding carboxylic acids is 1. The number of nitrogens with zero attached hydrogens (tertiary/aromatic N) is 4. The molecule has 0 atom stereocenters. The van der Waals surface area contributed by atoms with Crippen molar-refractivity contribution < 1.29 is 14.3 Å². The Kier molecular flexibility index (Phi) is 6.58. The van der Waals surface area contributed by atoms with Gasteiger partial charge in [-0.25, -0.2) is 9.36 Å². The van der Waals surface area contributed by atoms with Gasteiger partial charge in [-0.1, -0.05) is 0 Å². The monoisotopic (exact) mass is 411 g/mol. The highest BCUT2D eigenvalue weighted by Gasteiger charge is 2.11. The molecule has 2 aromatic heterocycles. The Morgan fingerprint density at radius 3 is 2.50 bits per heavy atom. The average Bonchev–Trinajstić information content (AvgIpc) is 2.76. The largest absolute Gasteiger partial charge is 0.493 e. The van der Waals surface area contributed by atoms with Crippen LogP contribution in [-0.4, -0.2) is 46.2 Å². The third-order valence-electron chi connectivity index (χ3n) is 4.27. The molecule has 10 nitrogen and oxygen atoms in total. The summed E-state index contributed by atoms with van der Waals surface area (Å²) in [4.78, 5) is 35.9. The molecule has 0 saturated heterocycles. The summed E-state index contributed by atoms with van der Waals surface area (Å²) in [6, 6.07) is 11.1. The first-order valence-corrected chi connectivity index (χ1v) is 9.11. The standard InChI is InChI=1S/C20H21N5O5/c1-29-16-7-5-14(12-17(16)30-2)15-6-8-20(28)25(23-15)13-18(26)21-10-11-24-19(27)4-3-9-22-24/h3-9,12H,10-11,13H2,1-2H3,(H,21,26). The van der Waals surface area contributed by atoms with Crippen LogP contribution in [0.25, 0.3) is 11.3 Å². The van der Waals surface area contributed by atoms with Crippen LogP contribution in [0, 0.1) is 0 Å². The summed E-state index contributed by atoms with van der Waals surface area (Å²) in [5.41, 5.74) is 0.544. The molecule has 0 bridgehead atoms. The quantitative estimate of drug-likeness (QED) is 0.566. The number of amides is 1. The van der Waals surface area contributed by atoms with E-state index in [0.717, 1.165) is 4.68 Å². The summed E-state index contributed by atoms with van der Waals surface area (Å²) in [7, 11) is 3.07. The van der Waals surface area contributed by atoms with Crippen LogP contribution in [-0.2, 0) is 17.9 Å². The summed E-state index contributed by atoms with van der Waals surface area (Å²) in [5, 5.41) is 10.8. The van der Waals surface area contributed by atoms with Crippen LogP contribution in [0.3, 0.4) is 0 Å². The number of carbonyl (C=O) groups is 1. The zero-order chi connectivity index (χ0) is 21.5. The van der Waals surface area contributed by atoms with E-state index in [-0.39, 0.29) is 25.2 Å². The van der Waals surface area contributed by atoms with Crippen LogP contribution >= 0.6 is 0 Å².